The fourth-order valence-corrected chi connectivity index (χ4v) is 5.31. The highest BCUT2D eigenvalue weighted by Gasteiger charge is 2.45. The van der Waals surface area contributed by atoms with Gasteiger partial charge in [0.1, 0.15) is 11.8 Å². The van der Waals surface area contributed by atoms with Crippen molar-refractivity contribution in [3.05, 3.63) is 59.2 Å². The average molecular weight is 464 g/mol. The van der Waals surface area contributed by atoms with E-state index in [4.69, 9.17) is 4.74 Å². The maximum Gasteiger partial charge on any atom is 0.254 e. The Morgan fingerprint density at radius 1 is 1.12 bits per heavy atom. The number of hydrogen-bond acceptors (Lipinski definition) is 4. The maximum absolute atomic E-state index is 13.6. The summed E-state index contributed by atoms with van der Waals surface area (Å²) in [7, 11) is 3.23. The van der Waals surface area contributed by atoms with E-state index in [1.165, 1.54) is 0 Å². The Morgan fingerprint density at radius 2 is 1.82 bits per heavy atom. The van der Waals surface area contributed by atoms with E-state index >= 15 is 0 Å². The van der Waals surface area contributed by atoms with E-state index in [0.717, 1.165) is 16.9 Å². The molecule has 0 bridgehead atoms. The van der Waals surface area contributed by atoms with Crippen LogP contribution in [-0.2, 0) is 16.1 Å². The number of carbonyl (C=O) groups is 3. The molecule has 0 spiro atoms. The van der Waals surface area contributed by atoms with Gasteiger partial charge in [0.05, 0.1) is 7.11 Å². The van der Waals surface area contributed by atoms with Crippen LogP contribution >= 0.6 is 0 Å². The van der Waals surface area contributed by atoms with Crippen LogP contribution in [0, 0.1) is 5.92 Å². The van der Waals surface area contributed by atoms with Gasteiger partial charge >= 0.3 is 0 Å². The van der Waals surface area contributed by atoms with Crippen molar-refractivity contribution in [3.63, 3.8) is 0 Å². The van der Waals surface area contributed by atoms with Gasteiger partial charge in [0.15, 0.2) is 0 Å². The van der Waals surface area contributed by atoms with Crippen LogP contribution in [0.1, 0.15) is 60.5 Å². The highest BCUT2D eigenvalue weighted by atomic mass is 16.5. The van der Waals surface area contributed by atoms with Gasteiger partial charge in [0, 0.05) is 43.2 Å². The second-order valence-corrected chi connectivity index (χ2v) is 9.06. The summed E-state index contributed by atoms with van der Waals surface area (Å²) in [6.07, 6.45) is 1.90. The Labute approximate surface area is 201 Å². The summed E-state index contributed by atoms with van der Waals surface area (Å²) in [5.74, 6) is 0.331. The third-order valence-corrected chi connectivity index (χ3v) is 7.18. The van der Waals surface area contributed by atoms with Gasteiger partial charge < -0.3 is 15.0 Å². The summed E-state index contributed by atoms with van der Waals surface area (Å²) in [4.78, 5) is 43.5. The lowest BCUT2D eigenvalue weighted by Crippen LogP contribution is -2.56. The number of likely N-dealkylation sites (N-methyl/N-ethyl adjacent to an activating group) is 1. The van der Waals surface area contributed by atoms with Crippen molar-refractivity contribution in [2.75, 3.05) is 25.6 Å². The summed E-state index contributed by atoms with van der Waals surface area (Å²) >= 11 is 0. The molecule has 0 aromatic heterocycles. The zero-order valence-electron chi connectivity index (χ0n) is 20.3. The van der Waals surface area contributed by atoms with Gasteiger partial charge in [-0.3, -0.25) is 19.3 Å². The van der Waals surface area contributed by atoms with Crippen molar-refractivity contribution in [2.45, 2.75) is 51.6 Å². The van der Waals surface area contributed by atoms with Gasteiger partial charge in [-0.2, -0.15) is 0 Å². The lowest BCUT2D eigenvalue weighted by atomic mass is 9.78. The SMILES string of the molecule is CCC(CC)C(=O)N1c2cccc3c2[C@@H](C[C@H]1C(=O)NC)CN(Cc1ccc(OC)cc1)C3=O. The Hall–Kier alpha value is -3.35. The number of anilines is 1. The molecule has 0 saturated heterocycles. The number of nitrogens with one attached hydrogen (secondary N) is 1. The second-order valence-electron chi connectivity index (χ2n) is 9.06. The minimum atomic E-state index is -0.595. The fraction of sp³-hybridized carbons (Fsp3) is 0.444. The van der Waals surface area contributed by atoms with E-state index in [-0.39, 0.29) is 29.6 Å². The molecule has 2 atom stereocenters. The first-order chi connectivity index (χ1) is 16.4. The number of methoxy groups -OCH3 is 1. The average Bonchev–Trinajstić information content (AvgIpc) is 2.87. The zero-order chi connectivity index (χ0) is 24.4. The lowest BCUT2D eigenvalue weighted by Gasteiger charge is -2.45. The summed E-state index contributed by atoms with van der Waals surface area (Å²) in [6, 6.07) is 12.6. The number of nitrogens with zero attached hydrogens (tertiary/aromatic N) is 2. The van der Waals surface area contributed by atoms with E-state index in [2.05, 4.69) is 5.32 Å². The number of rotatable bonds is 7. The molecule has 2 aliphatic rings. The van der Waals surface area contributed by atoms with Crippen LogP contribution in [0.25, 0.3) is 0 Å². The highest BCUT2D eigenvalue weighted by Crippen LogP contribution is 2.45. The normalized spacial score (nSPS) is 19.1. The van der Waals surface area contributed by atoms with Gasteiger partial charge in [-0.15, -0.1) is 0 Å². The van der Waals surface area contributed by atoms with Gasteiger partial charge in [-0.05, 0) is 54.7 Å². The second kappa shape index (κ2) is 9.87. The van der Waals surface area contributed by atoms with E-state index in [9.17, 15) is 14.4 Å². The van der Waals surface area contributed by atoms with Crippen molar-refractivity contribution >= 4 is 23.4 Å². The van der Waals surface area contributed by atoms with Crippen molar-refractivity contribution < 1.29 is 19.1 Å². The molecule has 0 saturated carbocycles. The molecule has 2 heterocycles. The van der Waals surface area contributed by atoms with Gasteiger partial charge in [-0.1, -0.05) is 32.0 Å². The zero-order valence-corrected chi connectivity index (χ0v) is 20.3. The first kappa shape index (κ1) is 23.8. The smallest absolute Gasteiger partial charge is 0.254 e. The molecule has 1 N–H and O–H groups in total. The fourth-order valence-electron chi connectivity index (χ4n) is 5.31. The van der Waals surface area contributed by atoms with Crippen LogP contribution in [0.3, 0.4) is 0 Å². The maximum atomic E-state index is 13.6. The Kier molecular flexibility index (Phi) is 6.91. The molecule has 7 heteroatoms. The van der Waals surface area contributed by atoms with Crippen LogP contribution in [0.5, 0.6) is 5.75 Å². The Balaban J connectivity index is 1.73. The molecular weight excluding hydrogens is 430 g/mol. The molecular formula is C27H33N3O4. The molecule has 0 unspecified atom stereocenters. The molecule has 2 aromatic carbocycles. The number of ether oxygens (including phenoxy) is 1. The number of carbonyl (C=O) groups excluding carboxylic acids is 3. The first-order valence-electron chi connectivity index (χ1n) is 12.0. The molecule has 0 aliphatic carbocycles. The topological polar surface area (TPSA) is 79.0 Å². The van der Waals surface area contributed by atoms with Crippen molar-refractivity contribution in [1.82, 2.24) is 10.2 Å². The molecule has 7 nitrogen and oxygen atoms in total. The minimum Gasteiger partial charge on any atom is -0.497 e. The predicted octanol–water partition coefficient (Wildman–Crippen LogP) is 3.72. The molecule has 2 aromatic rings. The van der Waals surface area contributed by atoms with Crippen LogP contribution in [0.15, 0.2) is 42.5 Å². The standard InChI is InChI=1S/C27H33N3O4/c1-5-18(6-2)26(32)30-22-9-7-8-21-24(22)19(14-23(30)25(31)28-3)16-29(27(21)33)15-17-10-12-20(34-4)13-11-17/h7-13,18-19,23H,5-6,14-16H2,1-4H3,(H,28,31)/t19-,23-/m0/s1. The third kappa shape index (κ3) is 4.15. The summed E-state index contributed by atoms with van der Waals surface area (Å²) in [6.45, 7) is 4.98. The van der Waals surface area contributed by atoms with Gasteiger partial charge in [-0.25, -0.2) is 0 Å². The number of amides is 3. The van der Waals surface area contributed by atoms with Gasteiger partial charge in [0.25, 0.3) is 5.91 Å². The molecule has 4 rings (SSSR count). The van der Waals surface area contributed by atoms with Crippen molar-refractivity contribution in [2.24, 2.45) is 5.92 Å². The molecule has 3 amide bonds. The van der Waals surface area contributed by atoms with Crippen LogP contribution in [0.2, 0.25) is 0 Å². The quantitative estimate of drug-likeness (QED) is 0.679. The van der Waals surface area contributed by atoms with E-state index in [1.54, 1.807) is 19.1 Å². The van der Waals surface area contributed by atoms with Crippen molar-refractivity contribution in [3.8, 4) is 5.75 Å². The van der Waals surface area contributed by atoms with E-state index < -0.39 is 6.04 Å². The first-order valence-corrected chi connectivity index (χ1v) is 12.0. The van der Waals surface area contributed by atoms with Gasteiger partial charge in [0.2, 0.25) is 11.8 Å². The highest BCUT2D eigenvalue weighted by molar-refractivity contribution is 6.06. The summed E-state index contributed by atoms with van der Waals surface area (Å²) in [5.41, 5.74) is 3.24. The third-order valence-electron chi connectivity index (χ3n) is 7.18. The Bertz CT molecular complexity index is 1080. The molecule has 0 radical (unpaired) electrons. The van der Waals surface area contributed by atoms with E-state index in [1.807, 2.05) is 61.2 Å². The Morgan fingerprint density at radius 3 is 2.44 bits per heavy atom. The van der Waals surface area contributed by atoms with Crippen LogP contribution < -0.4 is 15.0 Å². The molecule has 34 heavy (non-hydrogen) atoms. The number of hydrogen-bond donors (Lipinski definition) is 1. The molecule has 2 aliphatic heterocycles. The molecule has 0 fully saturated rings. The van der Waals surface area contributed by atoms with E-state index in [0.29, 0.717) is 43.6 Å². The summed E-state index contributed by atoms with van der Waals surface area (Å²) < 4.78 is 5.24. The predicted molar refractivity (Wildman–Crippen MR) is 131 cm³/mol. The monoisotopic (exact) mass is 463 g/mol. The summed E-state index contributed by atoms with van der Waals surface area (Å²) in [5, 5.41) is 2.75. The minimum absolute atomic E-state index is 0.0183. The lowest BCUT2D eigenvalue weighted by molar-refractivity contribution is -0.128. The van der Waals surface area contributed by atoms with Crippen LogP contribution in [-0.4, -0.2) is 49.4 Å². The molecule has 180 valence electrons. The largest absolute Gasteiger partial charge is 0.497 e. The number of benzene rings is 2. The van der Waals surface area contributed by atoms with Crippen LogP contribution in [0.4, 0.5) is 5.69 Å². The van der Waals surface area contributed by atoms with Crippen molar-refractivity contribution in [1.29, 1.82) is 0 Å².